The van der Waals surface area contributed by atoms with Gasteiger partial charge in [0.1, 0.15) is 0 Å². The summed E-state index contributed by atoms with van der Waals surface area (Å²) in [6.45, 7) is 9.26. The van der Waals surface area contributed by atoms with Crippen LogP contribution in [0.4, 0.5) is 0 Å². The second kappa shape index (κ2) is 17.7. The summed E-state index contributed by atoms with van der Waals surface area (Å²) in [5.41, 5.74) is 23.7. The first-order valence-corrected chi connectivity index (χ1v) is 24.1. The molecule has 308 valence electrons. The van der Waals surface area contributed by atoms with E-state index >= 15 is 0 Å². The molecule has 0 bridgehead atoms. The lowest BCUT2D eigenvalue weighted by Crippen LogP contribution is -2.28. The summed E-state index contributed by atoms with van der Waals surface area (Å²) in [6, 6.07) is 48.7. The van der Waals surface area contributed by atoms with Crippen molar-refractivity contribution in [2.24, 2.45) is 0 Å². The molecule has 0 spiro atoms. The summed E-state index contributed by atoms with van der Waals surface area (Å²) in [6.07, 6.45) is 22.5. The molecule has 6 aromatic rings. The van der Waals surface area contributed by atoms with E-state index in [0.717, 1.165) is 12.8 Å². The van der Waals surface area contributed by atoms with Gasteiger partial charge in [0.2, 0.25) is 0 Å². The van der Waals surface area contributed by atoms with Crippen LogP contribution < -0.4 is 0 Å². The SMILES string of the molecule is CCCCCCc1cc(CCCCCC)cc(C2(CCCCCCC3(c4ccc5c(c4)CC5)c4ccccc4-c4ccccc43)c3cc(C)ccc3-c3ccc(C)cc32)c1. The van der Waals surface area contributed by atoms with Gasteiger partial charge in [-0.2, -0.15) is 0 Å². The van der Waals surface area contributed by atoms with Crippen molar-refractivity contribution in [1.82, 2.24) is 0 Å². The van der Waals surface area contributed by atoms with Gasteiger partial charge < -0.3 is 0 Å². The monoisotopic (exact) mass is 789 g/mol. The van der Waals surface area contributed by atoms with Gasteiger partial charge in [0.15, 0.2) is 0 Å². The minimum Gasteiger partial charge on any atom is -0.0654 e. The van der Waals surface area contributed by atoms with Gasteiger partial charge in [-0.1, -0.05) is 211 Å². The van der Waals surface area contributed by atoms with Gasteiger partial charge in [0.25, 0.3) is 0 Å². The highest BCUT2D eigenvalue weighted by Gasteiger charge is 2.46. The molecule has 0 amide bonds. The molecule has 0 saturated carbocycles. The maximum absolute atomic E-state index is 2.66. The van der Waals surface area contributed by atoms with Crippen LogP contribution in [0.5, 0.6) is 0 Å². The Bertz CT molecular complexity index is 2330. The largest absolute Gasteiger partial charge is 0.0654 e. The molecule has 0 N–H and O–H groups in total. The second-order valence-electron chi connectivity index (χ2n) is 19.1. The lowest BCUT2D eigenvalue weighted by Gasteiger charge is -2.35. The second-order valence-corrected chi connectivity index (χ2v) is 19.1. The molecule has 3 aliphatic rings. The molecule has 0 radical (unpaired) electrons. The summed E-state index contributed by atoms with van der Waals surface area (Å²) in [7, 11) is 0. The van der Waals surface area contributed by atoms with Crippen LogP contribution >= 0.6 is 0 Å². The zero-order valence-corrected chi connectivity index (χ0v) is 37.3. The van der Waals surface area contributed by atoms with Crippen molar-refractivity contribution in [3.63, 3.8) is 0 Å². The van der Waals surface area contributed by atoms with Crippen molar-refractivity contribution in [2.75, 3.05) is 0 Å². The molecule has 0 fully saturated rings. The lowest BCUT2D eigenvalue weighted by molar-refractivity contribution is 0.479. The van der Waals surface area contributed by atoms with E-state index in [-0.39, 0.29) is 10.8 Å². The van der Waals surface area contributed by atoms with Gasteiger partial charge >= 0.3 is 0 Å². The highest BCUT2D eigenvalue weighted by molar-refractivity contribution is 5.85. The van der Waals surface area contributed by atoms with Crippen molar-refractivity contribution < 1.29 is 0 Å². The molecule has 6 aromatic carbocycles. The van der Waals surface area contributed by atoms with Crippen LogP contribution in [0.15, 0.2) is 121 Å². The summed E-state index contributed by atoms with van der Waals surface area (Å²) >= 11 is 0. The molecule has 0 nitrogen and oxygen atoms in total. The minimum absolute atomic E-state index is 0.0947. The van der Waals surface area contributed by atoms with Crippen LogP contribution in [0.25, 0.3) is 22.3 Å². The maximum atomic E-state index is 2.66. The van der Waals surface area contributed by atoms with Crippen molar-refractivity contribution in [3.05, 3.63) is 188 Å². The summed E-state index contributed by atoms with van der Waals surface area (Å²) in [4.78, 5) is 0. The molecule has 9 rings (SSSR count). The molecule has 0 unspecified atom stereocenters. The number of hydrogen-bond acceptors (Lipinski definition) is 0. The summed E-state index contributed by atoms with van der Waals surface area (Å²) in [5, 5.41) is 0. The van der Waals surface area contributed by atoms with Crippen molar-refractivity contribution in [2.45, 2.75) is 154 Å². The topological polar surface area (TPSA) is 0 Å². The molecular weight excluding hydrogens is 721 g/mol. The number of rotatable bonds is 19. The molecule has 0 aliphatic heterocycles. The smallest absolute Gasteiger partial charge is 0.0464 e. The molecule has 3 aliphatic carbocycles. The predicted molar refractivity (Wildman–Crippen MR) is 257 cm³/mol. The zero-order valence-electron chi connectivity index (χ0n) is 37.3. The van der Waals surface area contributed by atoms with E-state index in [1.165, 1.54) is 153 Å². The number of fused-ring (bicyclic) bond motifs is 7. The van der Waals surface area contributed by atoms with Crippen LogP contribution in [-0.4, -0.2) is 0 Å². The fraction of sp³-hybridized carbons (Fsp3) is 0.400. The Morgan fingerprint density at radius 3 is 1.37 bits per heavy atom. The highest BCUT2D eigenvalue weighted by Crippen LogP contribution is 2.57. The third-order valence-electron chi connectivity index (χ3n) is 15.0. The van der Waals surface area contributed by atoms with E-state index < -0.39 is 0 Å². The van der Waals surface area contributed by atoms with Crippen LogP contribution in [0.1, 0.15) is 171 Å². The van der Waals surface area contributed by atoms with E-state index in [4.69, 9.17) is 0 Å². The first-order valence-electron chi connectivity index (χ1n) is 24.1. The molecule has 0 heteroatoms. The third kappa shape index (κ3) is 7.41. The highest BCUT2D eigenvalue weighted by atomic mass is 14.5. The van der Waals surface area contributed by atoms with Crippen LogP contribution in [0.2, 0.25) is 0 Å². The van der Waals surface area contributed by atoms with E-state index in [1.807, 2.05) is 0 Å². The Labute approximate surface area is 362 Å². The number of unbranched alkanes of at least 4 members (excludes halogenated alkanes) is 9. The standard InChI is InChI=1S/C60H68/c1-5-7-9-13-21-45-39-46(22-14-10-8-6-2)41-50(40-45)60(57-37-43(3)27-33-53(57)54-34-28-44(4)38-58(54)60)36-20-12-11-19-35-59(49-32-31-47-29-30-48(47)42-49)55-25-17-15-23-51(55)52-24-16-18-26-56(52)59/h15-18,23-28,31-34,37-42H,5-14,19-22,29-30,35-36H2,1-4H3. The Morgan fingerprint density at radius 1 is 0.383 bits per heavy atom. The van der Waals surface area contributed by atoms with Gasteiger partial charge in [-0.05, 0) is 143 Å². The number of benzene rings is 6. The average molecular weight is 789 g/mol. The maximum Gasteiger partial charge on any atom is 0.0464 e. The molecular formula is C60H68. The van der Waals surface area contributed by atoms with Gasteiger partial charge in [-0.15, -0.1) is 0 Å². The van der Waals surface area contributed by atoms with Crippen LogP contribution in [0.3, 0.4) is 0 Å². The first kappa shape index (κ1) is 40.7. The van der Waals surface area contributed by atoms with E-state index in [2.05, 4.69) is 149 Å². The summed E-state index contributed by atoms with van der Waals surface area (Å²) < 4.78 is 0. The van der Waals surface area contributed by atoms with Gasteiger partial charge in [0, 0.05) is 10.8 Å². The van der Waals surface area contributed by atoms with Gasteiger partial charge in [-0.25, -0.2) is 0 Å². The molecule has 60 heavy (non-hydrogen) atoms. The fourth-order valence-electron chi connectivity index (χ4n) is 11.8. The molecule has 0 atom stereocenters. The Morgan fingerprint density at radius 2 is 0.867 bits per heavy atom. The lowest BCUT2D eigenvalue weighted by atomic mass is 9.67. The van der Waals surface area contributed by atoms with Gasteiger partial charge in [-0.3, -0.25) is 0 Å². The average Bonchev–Trinajstić information content (AvgIpc) is 3.69. The van der Waals surface area contributed by atoms with Crippen molar-refractivity contribution in [3.8, 4) is 22.3 Å². The van der Waals surface area contributed by atoms with Crippen molar-refractivity contribution >= 4 is 0 Å². The van der Waals surface area contributed by atoms with Crippen LogP contribution in [-0.2, 0) is 36.5 Å². The van der Waals surface area contributed by atoms with Crippen LogP contribution in [0, 0.1) is 13.8 Å². The van der Waals surface area contributed by atoms with E-state index in [9.17, 15) is 0 Å². The summed E-state index contributed by atoms with van der Waals surface area (Å²) in [5.74, 6) is 0. The number of hydrogen-bond donors (Lipinski definition) is 0. The molecule has 0 aromatic heterocycles. The van der Waals surface area contributed by atoms with Gasteiger partial charge in [0.05, 0.1) is 0 Å². The molecule has 0 heterocycles. The molecule has 0 saturated heterocycles. The predicted octanol–water partition coefficient (Wildman–Crippen LogP) is 16.3. The number of aryl methyl sites for hydroxylation is 6. The Kier molecular flexibility index (Phi) is 12.0. The minimum atomic E-state index is -0.142. The fourth-order valence-corrected chi connectivity index (χ4v) is 11.8. The zero-order chi connectivity index (χ0) is 41.1. The van der Waals surface area contributed by atoms with E-state index in [0.29, 0.717) is 0 Å². The van der Waals surface area contributed by atoms with Crippen molar-refractivity contribution in [1.29, 1.82) is 0 Å². The Balaban J connectivity index is 1.04. The Hall–Kier alpha value is -4.68. The first-order chi connectivity index (χ1) is 29.5. The normalized spacial score (nSPS) is 14.9. The third-order valence-corrected chi connectivity index (χ3v) is 15.0. The quantitative estimate of drug-likeness (QED) is 0.0717. The van der Waals surface area contributed by atoms with E-state index in [1.54, 1.807) is 38.9 Å².